The Morgan fingerprint density at radius 3 is 2.71 bits per heavy atom. The molecule has 0 spiro atoms. The van der Waals surface area contributed by atoms with Crippen molar-refractivity contribution in [1.82, 2.24) is 4.98 Å². The van der Waals surface area contributed by atoms with Gasteiger partial charge in [-0.15, -0.1) is 12.4 Å². The molecule has 2 N–H and O–H groups in total. The lowest BCUT2D eigenvalue weighted by molar-refractivity contribution is -0.131. The summed E-state index contributed by atoms with van der Waals surface area (Å²) in [7, 11) is 0. The number of fused-ring (bicyclic) bond motifs is 1. The van der Waals surface area contributed by atoms with E-state index in [0.717, 1.165) is 23.2 Å². The van der Waals surface area contributed by atoms with Crippen molar-refractivity contribution in [2.45, 2.75) is 24.8 Å². The molecule has 1 aliphatic heterocycles. The number of esters is 1. The number of hydrogen-bond acceptors (Lipinski definition) is 4. The standard InChI is InChI=1S/C16H14N2O2.ClH/c17-13-7-12(13)11-3-4-14(18-8-11)9-1-2-10-6-16(19)20-15(10)5-9;/h1-5,8,12-13H,6-7,17H2;1H/t12-,13+;/m1./s1. The van der Waals surface area contributed by atoms with Gasteiger partial charge in [-0.1, -0.05) is 18.2 Å². The van der Waals surface area contributed by atoms with Gasteiger partial charge in [-0.2, -0.15) is 0 Å². The fraction of sp³-hybridized carbons (Fsp3) is 0.250. The zero-order chi connectivity index (χ0) is 13.7. The number of halogens is 1. The number of carbonyl (C=O) groups excluding carboxylic acids is 1. The summed E-state index contributed by atoms with van der Waals surface area (Å²) in [5.41, 5.74) is 9.84. The van der Waals surface area contributed by atoms with E-state index in [1.54, 1.807) is 0 Å². The Morgan fingerprint density at radius 2 is 2.05 bits per heavy atom. The summed E-state index contributed by atoms with van der Waals surface area (Å²) in [5, 5.41) is 0. The summed E-state index contributed by atoms with van der Waals surface area (Å²) < 4.78 is 5.17. The minimum absolute atomic E-state index is 0. The van der Waals surface area contributed by atoms with Crippen LogP contribution < -0.4 is 10.5 Å². The molecule has 0 amide bonds. The average Bonchev–Trinajstić information content (AvgIpc) is 3.06. The van der Waals surface area contributed by atoms with Crippen LogP contribution in [0.15, 0.2) is 36.5 Å². The number of nitrogens with two attached hydrogens (primary N) is 1. The highest BCUT2D eigenvalue weighted by molar-refractivity contribution is 5.85. The molecule has 1 saturated carbocycles. The quantitative estimate of drug-likeness (QED) is 0.683. The number of nitrogens with zero attached hydrogens (tertiary/aromatic N) is 1. The summed E-state index contributed by atoms with van der Waals surface area (Å²) in [4.78, 5) is 15.7. The fourth-order valence-corrected chi connectivity index (χ4v) is 2.66. The van der Waals surface area contributed by atoms with Crippen LogP contribution in [0.2, 0.25) is 0 Å². The second-order valence-electron chi connectivity index (χ2n) is 5.46. The number of pyridine rings is 1. The van der Waals surface area contributed by atoms with Crippen molar-refractivity contribution >= 4 is 18.4 Å². The van der Waals surface area contributed by atoms with Crippen molar-refractivity contribution in [3.63, 3.8) is 0 Å². The van der Waals surface area contributed by atoms with Crippen LogP contribution in [0.1, 0.15) is 23.5 Å². The van der Waals surface area contributed by atoms with E-state index in [1.165, 1.54) is 5.56 Å². The van der Waals surface area contributed by atoms with Gasteiger partial charge in [0, 0.05) is 29.3 Å². The van der Waals surface area contributed by atoms with Crippen LogP contribution in [0, 0.1) is 0 Å². The van der Waals surface area contributed by atoms with E-state index in [0.29, 0.717) is 24.1 Å². The Balaban J connectivity index is 0.00000132. The predicted octanol–water partition coefficient (Wildman–Crippen LogP) is 2.45. The number of rotatable bonds is 2. The Morgan fingerprint density at radius 1 is 1.24 bits per heavy atom. The minimum Gasteiger partial charge on any atom is -0.426 e. The van der Waals surface area contributed by atoms with Gasteiger partial charge in [-0.3, -0.25) is 9.78 Å². The van der Waals surface area contributed by atoms with E-state index < -0.39 is 0 Å². The topological polar surface area (TPSA) is 65.2 Å². The number of aromatic nitrogens is 1. The van der Waals surface area contributed by atoms with Crippen LogP contribution in [0.4, 0.5) is 0 Å². The van der Waals surface area contributed by atoms with Crippen molar-refractivity contribution in [3.05, 3.63) is 47.7 Å². The summed E-state index contributed by atoms with van der Waals surface area (Å²) in [5.74, 6) is 0.934. The summed E-state index contributed by atoms with van der Waals surface area (Å²) in [6, 6.07) is 10.2. The van der Waals surface area contributed by atoms with E-state index in [2.05, 4.69) is 11.1 Å². The molecule has 4 rings (SSSR count). The smallest absolute Gasteiger partial charge is 0.315 e. The first-order valence-corrected chi connectivity index (χ1v) is 6.76. The molecule has 1 aromatic heterocycles. The van der Waals surface area contributed by atoms with E-state index >= 15 is 0 Å². The molecule has 0 unspecified atom stereocenters. The highest BCUT2D eigenvalue weighted by atomic mass is 35.5. The second-order valence-corrected chi connectivity index (χ2v) is 5.46. The maximum Gasteiger partial charge on any atom is 0.315 e. The molecule has 0 bridgehead atoms. The highest BCUT2D eigenvalue weighted by Crippen LogP contribution is 2.39. The number of carbonyl (C=O) groups is 1. The highest BCUT2D eigenvalue weighted by Gasteiger charge is 2.34. The zero-order valence-electron chi connectivity index (χ0n) is 11.3. The molecule has 1 fully saturated rings. The number of benzene rings is 1. The lowest BCUT2D eigenvalue weighted by atomic mass is 10.1. The van der Waals surface area contributed by atoms with Crippen LogP contribution in [0.5, 0.6) is 5.75 Å². The Labute approximate surface area is 128 Å². The first-order chi connectivity index (χ1) is 9.70. The van der Waals surface area contributed by atoms with Gasteiger partial charge < -0.3 is 10.5 Å². The Kier molecular flexibility index (Phi) is 3.43. The third-order valence-corrected chi connectivity index (χ3v) is 3.98. The monoisotopic (exact) mass is 302 g/mol. The van der Waals surface area contributed by atoms with E-state index in [9.17, 15) is 4.79 Å². The minimum atomic E-state index is -0.192. The molecule has 2 atom stereocenters. The molecule has 0 saturated heterocycles. The van der Waals surface area contributed by atoms with Gasteiger partial charge in [0.25, 0.3) is 0 Å². The van der Waals surface area contributed by atoms with Crippen molar-refractivity contribution < 1.29 is 9.53 Å². The van der Waals surface area contributed by atoms with E-state index in [-0.39, 0.29) is 18.4 Å². The van der Waals surface area contributed by atoms with Gasteiger partial charge in [0.1, 0.15) is 5.75 Å². The number of hydrogen-bond donors (Lipinski definition) is 1. The zero-order valence-corrected chi connectivity index (χ0v) is 12.1. The third kappa shape index (κ3) is 2.52. The average molecular weight is 303 g/mol. The molecule has 0 radical (unpaired) electrons. The Hall–Kier alpha value is -1.91. The molecular formula is C16H15ClN2O2. The van der Waals surface area contributed by atoms with Gasteiger partial charge in [0.05, 0.1) is 12.1 Å². The molecule has 5 heteroatoms. The number of ether oxygens (including phenoxy) is 1. The van der Waals surface area contributed by atoms with E-state index in [1.807, 2.05) is 30.5 Å². The first kappa shape index (κ1) is 14.0. The predicted molar refractivity (Wildman–Crippen MR) is 81.6 cm³/mol. The summed E-state index contributed by atoms with van der Waals surface area (Å²) in [6.07, 6.45) is 3.31. The summed E-state index contributed by atoms with van der Waals surface area (Å²) >= 11 is 0. The first-order valence-electron chi connectivity index (χ1n) is 6.76. The molecule has 108 valence electrons. The van der Waals surface area contributed by atoms with Crippen LogP contribution >= 0.6 is 12.4 Å². The maximum atomic E-state index is 11.3. The molecule has 21 heavy (non-hydrogen) atoms. The molecule has 1 aromatic carbocycles. The van der Waals surface area contributed by atoms with Gasteiger partial charge in [0.2, 0.25) is 0 Å². The van der Waals surface area contributed by atoms with Crippen LogP contribution in [0.3, 0.4) is 0 Å². The van der Waals surface area contributed by atoms with Crippen molar-refractivity contribution in [2.75, 3.05) is 0 Å². The Bertz CT molecular complexity index is 700. The largest absolute Gasteiger partial charge is 0.426 e. The normalized spacial score (nSPS) is 22.2. The van der Waals surface area contributed by atoms with Crippen LogP contribution in [-0.2, 0) is 11.2 Å². The fourth-order valence-electron chi connectivity index (χ4n) is 2.66. The molecule has 1 aliphatic carbocycles. The van der Waals surface area contributed by atoms with Gasteiger partial charge in [-0.05, 0) is 24.1 Å². The molecule has 4 nitrogen and oxygen atoms in total. The lowest BCUT2D eigenvalue weighted by Gasteiger charge is -2.05. The summed E-state index contributed by atoms with van der Waals surface area (Å²) in [6.45, 7) is 0. The molecule has 2 heterocycles. The van der Waals surface area contributed by atoms with Crippen molar-refractivity contribution in [1.29, 1.82) is 0 Å². The molecule has 2 aliphatic rings. The molecular weight excluding hydrogens is 288 g/mol. The van der Waals surface area contributed by atoms with Gasteiger partial charge in [-0.25, -0.2) is 0 Å². The van der Waals surface area contributed by atoms with Crippen LogP contribution in [0.25, 0.3) is 11.3 Å². The second kappa shape index (κ2) is 5.13. The molecule has 2 aromatic rings. The van der Waals surface area contributed by atoms with E-state index in [4.69, 9.17) is 10.5 Å². The van der Waals surface area contributed by atoms with Gasteiger partial charge in [0.15, 0.2) is 0 Å². The SMILES string of the molecule is Cl.N[C@H]1C[C@@H]1c1ccc(-c2ccc3c(c2)OC(=O)C3)nc1. The third-order valence-electron chi connectivity index (χ3n) is 3.98. The van der Waals surface area contributed by atoms with Crippen LogP contribution in [-0.4, -0.2) is 17.0 Å². The van der Waals surface area contributed by atoms with Crippen molar-refractivity contribution in [2.24, 2.45) is 5.73 Å². The van der Waals surface area contributed by atoms with Gasteiger partial charge >= 0.3 is 5.97 Å². The lowest BCUT2D eigenvalue weighted by Crippen LogP contribution is -2.01. The van der Waals surface area contributed by atoms with Crippen molar-refractivity contribution in [3.8, 4) is 17.0 Å². The maximum absolute atomic E-state index is 11.3.